The molecule has 25 heavy (non-hydrogen) atoms. The van der Waals surface area contributed by atoms with Gasteiger partial charge in [-0.3, -0.25) is 19.9 Å². The van der Waals surface area contributed by atoms with Crippen molar-refractivity contribution in [3.63, 3.8) is 0 Å². The summed E-state index contributed by atoms with van der Waals surface area (Å²) in [6, 6.07) is 9.90. The van der Waals surface area contributed by atoms with Crippen molar-refractivity contribution < 1.29 is 23.9 Å². The Balaban J connectivity index is 1.90. The SMILES string of the molecule is O=C1NC(=O)N(c2ccc(F)cc2)C(=O)[C@H]1C=Nc1ccccc1O. The van der Waals surface area contributed by atoms with Gasteiger partial charge in [0.25, 0.3) is 5.91 Å². The molecule has 0 spiro atoms. The number of para-hydroxylation sites is 2. The number of barbiturate groups is 1. The largest absolute Gasteiger partial charge is 0.506 e. The van der Waals surface area contributed by atoms with E-state index in [1.807, 2.05) is 0 Å². The fraction of sp³-hybridized carbons (Fsp3) is 0.0588. The van der Waals surface area contributed by atoms with Gasteiger partial charge in [-0.25, -0.2) is 14.1 Å². The van der Waals surface area contributed by atoms with Crippen LogP contribution >= 0.6 is 0 Å². The van der Waals surface area contributed by atoms with E-state index in [2.05, 4.69) is 10.3 Å². The van der Waals surface area contributed by atoms with Crippen LogP contribution in [0.15, 0.2) is 53.5 Å². The highest BCUT2D eigenvalue weighted by Crippen LogP contribution is 2.26. The summed E-state index contributed by atoms with van der Waals surface area (Å²) in [4.78, 5) is 41.1. The van der Waals surface area contributed by atoms with Gasteiger partial charge in [0.1, 0.15) is 17.3 Å². The summed E-state index contributed by atoms with van der Waals surface area (Å²) in [5, 5.41) is 11.7. The van der Waals surface area contributed by atoms with Crippen LogP contribution in [0.1, 0.15) is 0 Å². The van der Waals surface area contributed by atoms with Gasteiger partial charge in [-0.2, -0.15) is 0 Å². The molecule has 1 aliphatic rings. The van der Waals surface area contributed by atoms with Crippen molar-refractivity contribution in [2.24, 2.45) is 10.9 Å². The van der Waals surface area contributed by atoms with E-state index in [0.29, 0.717) is 0 Å². The number of aliphatic imine (C=N–C) groups is 1. The number of carbonyl (C=O) groups excluding carboxylic acids is 3. The van der Waals surface area contributed by atoms with Gasteiger partial charge in [0.15, 0.2) is 5.92 Å². The number of nitrogens with one attached hydrogen (secondary N) is 1. The fourth-order valence-electron chi connectivity index (χ4n) is 2.28. The lowest BCUT2D eigenvalue weighted by atomic mass is 10.1. The molecule has 1 fully saturated rings. The van der Waals surface area contributed by atoms with E-state index >= 15 is 0 Å². The molecule has 1 saturated heterocycles. The number of urea groups is 1. The van der Waals surface area contributed by atoms with Crippen LogP contribution in [0.2, 0.25) is 0 Å². The average Bonchev–Trinajstić information content (AvgIpc) is 2.57. The lowest BCUT2D eigenvalue weighted by Gasteiger charge is -2.28. The molecular formula is C17H12FN3O4. The number of benzene rings is 2. The number of halogens is 1. The van der Waals surface area contributed by atoms with Crippen molar-refractivity contribution in [2.75, 3.05) is 4.90 Å². The van der Waals surface area contributed by atoms with Crippen molar-refractivity contribution >= 4 is 35.4 Å². The van der Waals surface area contributed by atoms with Crippen molar-refractivity contribution in [1.82, 2.24) is 5.32 Å². The number of phenols is 1. The summed E-state index contributed by atoms with van der Waals surface area (Å²) in [7, 11) is 0. The summed E-state index contributed by atoms with van der Waals surface area (Å²) in [6.45, 7) is 0. The van der Waals surface area contributed by atoms with Crippen LogP contribution in [0.3, 0.4) is 0 Å². The molecule has 0 aromatic heterocycles. The lowest BCUT2D eigenvalue weighted by molar-refractivity contribution is -0.131. The highest BCUT2D eigenvalue weighted by molar-refractivity contribution is 6.32. The second-order valence-electron chi connectivity index (χ2n) is 5.19. The first-order chi connectivity index (χ1) is 12.0. The number of aromatic hydroxyl groups is 1. The third-order valence-electron chi connectivity index (χ3n) is 3.53. The summed E-state index contributed by atoms with van der Waals surface area (Å²) >= 11 is 0. The Hall–Kier alpha value is -3.55. The first-order valence-electron chi connectivity index (χ1n) is 7.24. The number of hydrogen-bond acceptors (Lipinski definition) is 5. The predicted octanol–water partition coefficient (Wildman–Crippen LogP) is 2.13. The molecule has 1 heterocycles. The molecule has 1 atom stereocenters. The molecule has 0 unspecified atom stereocenters. The minimum absolute atomic E-state index is 0.117. The maximum Gasteiger partial charge on any atom is 0.335 e. The van der Waals surface area contributed by atoms with Gasteiger partial charge in [-0.05, 0) is 36.4 Å². The van der Waals surface area contributed by atoms with Crippen LogP contribution < -0.4 is 10.2 Å². The topological polar surface area (TPSA) is 99.1 Å². The zero-order valence-corrected chi connectivity index (χ0v) is 12.7. The molecule has 7 nitrogen and oxygen atoms in total. The molecule has 0 bridgehead atoms. The number of imide groups is 2. The number of nitrogens with zero attached hydrogens (tertiary/aromatic N) is 2. The van der Waals surface area contributed by atoms with E-state index in [1.54, 1.807) is 12.1 Å². The highest BCUT2D eigenvalue weighted by atomic mass is 19.1. The molecule has 2 aromatic rings. The normalized spacial score (nSPS) is 17.9. The Kier molecular flexibility index (Phi) is 4.25. The molecule has 126 valence electrons. The maximum absolute atomic E-state index is 13.0. The molecule has 8 heteroatoms. The van der Waals surface area contributed by atoms with Gasteiger partial charge in [0.2, 0.25) is 5.91 Å². The van der Waals surface area contributed by atoms with E-state index in [1.165, 1.54) is 24.3 Å². The van der Waals surface area contributed by atoms with E-state index in [9.17, 15) is 23.9 Å². The van der Waals surface area contributed by atoms with Crippen LogP contribution in [0.25, 0.3) is 0 Å². The quantitative estimate of drug-likeness (QED) is 0.660. The summed E-state index contributed by atoms with van der Waals surface area (Å²) in [5.41, 5.74) is 0.297. The number of anilines is 1. The second-order valence-corrected chi connectivity index (χ2v) is 5.19. The minimum atomic E-state index is -1.36. The average molecular weight is 341 g/mol. The third-order valence-corrected chi connectivity index (χ3v) is 3.53. The van der Waals surface area contributed by atoms with Crippen molar-refractivity contribution in [3.8, 4) is 5.75 Å². The number of phenolic OH excluding ortho intramolecular Hbond substituents is 1. The molecule has 2 aromatic carbocycles. The third kappa shape index (κ3) is 3.23. The molecule has 0 saturated carbocycles. The van der Waals surface area contributed by atoms with Gasteiger partial charge in [0, 0.05) is 6.21 Å². The van der Waals surface area contributed by atoms with Crippen LogP contribution in [-0.4, -0.2) is 29.2 Å². The van der Waals surface area contributed by atoms with Crippen molar-refractivity contribution in [2.45, 2.75) is 0 Å². The summed E-state index contributed by atoms with van der Waals surface area (Å²) in [6.07, 6.45) is 1.05. The Morgan fingerprint density at radius 2 is 1.76 bits per heavy atom. The number of amides is 4. The molecular weight excluding hydrogens is 329 g/mol. The van der Waals surface area contributed by atoms with E-state index in [-0.39, 0.29) is 17.1 Å². The molecule has 0 aliphatic carbocycles. The van der Waals surface area contributed by atoms with Crippen LogP contribution in [0.5, 0.6) is 5.75 Å². The van der Waals surface area contributed by atoms with Gasteiger partial charge >= 0.3 is 6.03 Å². The van der Waals surface area contributed by atoms with Gasteiger partial charge in [-0.15, -0.1) is 0 Å². The number of rotatable bonds is 3. The molecule has 2 N–H and O–H groups in total. The van der Waals surface area contributed by atoms with Crippen molar-refractivity contribution in [1.29, 1.82) is 0 Å². The van der Waals surface area contributed by atoms with Crippen LogP contribution in [-0.2, 0) is 9.59 Å². The zero-order valence-electron chi connectivity index (χ0n) is 12.7. The van der Waals surface area contributed by atoms with Crippen LogP contribution in [0, 0.1) is 11.7 Å². The second kappa shape index (κ2) is 6.52. The molecule has 1 aliphatic heterocycles. The fourth-order valence-corrected chi connectivity index (χ4v) is 2.28. The van der Waals surface area contributed by atoms with Gasteiger partial charge in [-0.1, -0.05) is 12.1 Å². The van der Waals surface area contributed by atoms with E-state index < -0.39 is 29.6 Å². The van der Waals surface area contributed by atoms with Gasteiger partial charge in [0.05, 0.1) is 5.69 Å². The lowest BCUT2D eigenvalue weighted by Crippen LogP contribution is -2.58. The number of carbonyl (C=O) groups is 3. The van der Waals surface area contributed by atoms with Crippen LogP contribution in [0.4, 0.5) is 20.6 Å². The van der Waals surface area contributed by atoms with Gasteiger partial charge < -0.3 is 5.11 Å². The standard InChI is InChI=1S/C17H12FN3O4/c18-10-5-7-11(8-6-10)21-16(24)12(15(23)20-17(21)25)9-19-13-3-1-2-4-14(13)22/h1-9,12,22H,(H,20,23,25)/t12-/m0/s1. The summed E-state index contributed by atoms with van der Waals surface area (Å²) < 4.78 is 13.0. The summed E-state index contributed by atoms with van der Waals surface area (Å²) in [5.74, 6) is -3.65. The Labute approximate surface area is 141 Å². The van der Waals surface area contributed by atoms with E-state index in [4.69, 9.17) is 0 Å². The van der Waals surface area contributed by atoms with Crippen molar-refractivity contribution in [3.05, 3.63) is 54.3 Å². The molecule has 4 amide bonds. The monoisotopic (exact) mass is 341 g/mol. The Bertz CT molecular complexity index is 880. The van der Waals surface area contributed by atoms with E-state index in [0.717, 1.165) is 23.2 Å². The molecule has 0 radical (unpaired) electrons. The minimum Gasteiger partial charge on any atom is -0.506 e. The highest BCUT2D eigenvalue weighted by Gasteiger charge is 2.40. The first kappa shape index (κ1) is 16.3. The zero-order chi connectivity index (χ0) is 18.0. The smallest absolute Gasteiger partial charge is 0.335 e. The number of hydrogen-bond donors (Lipinski definition) is 2. The Morgan fingerprint density at radius 1 is 1.08 bits per heavy atom. The Morgan fingerprint density at radius 3 is 2.44 bits per heavy atom. The molecule has 3 rings (SSSR count). The predicted molar refractivity (Wildman–Crippen MR) is 87.2 cm³/mol. The first-order valence-corrected chi connectivity index (χ1v) is 7.24. The maximum atomic E-state index is 13.0.